The van der Waals surface area contributed by atoms with Crippen LogP contribution in [-0.2, 0) is 13.5 Å². The first-order valence-corrected chi connectivity index (χ1v) is 7.32. The summed E-state index contributed by atoms with van der Waals surface area (Å²) in [6.45, 7) is 0.627. The van der Waals surface area contributed by atoms with Gasteiger partial charge in [0, 0.05) is 17.9 Å². The molecule has 0 N–H and O–H groups in total. The molecule has 0 fully saturated rings. The Hall–Kier alpha value is -1.81. The Kier molecular flexibility index (Phi) is 3.74. The summed E-state index contributed by atoms with van der Waals surface area (Å²) in [5.41, 5.74) is 2.15. The Labute approximate surface area is 126 Å². The number of rotatable bonds is 4. The lowest BCUT2D eigenvalue weighted by Crippen LogP contribution is -2.06. The van der Waals surface area contributed by atoms with Crippen LogP contribution in [0.2, 0.25) is 0 Å². The van der Waals surface area contributed by atoms with E-state index in [1.807, 2.05) is 49.5 Å². The highest BCUT2D eigenvalue weighted by Crippen LogP contribution is 2.20. The predicted molar refractivity (Wildman–Crippen MR) is 84.1 cm³/mol. The number of aryl methyl sites for hydroxylation is 1. The third-order valence-corrected chi connectivity index (χ3v) is 3.77. The van der Waals surface area contributed by atoms with Crippen molar-refractivity contribution in [2.75, 3.05) is 6.61 Å². The molecule has 0 saturated carbocycles. The molecule has 0 unspecified atom stereocenters. The second kappa shape index (κ2) is 5.67. The smallest absolute Gasteiger partial charge is 0.119 e. The van der Waals surface area contributed by atoms with Crippen molar-refractivity contribution in [3.05, 3.63) is 58.8 Å². The highest BCUT2D eigenvalue weighted by Gasteiger charge is 2.08. The van der Waals surface area contributed by atoms with Crippen molar-refractivity contribution in [1.29, 1.82) is 0 Å². The van der Waals surface area contributed by atoms with Gasteiger partial charge in [-0.2, -0.15) is 0 Å². The summed E-state index contributed by atoms with van der Waals surface area (Å²) < 4.78 is 8.91. The van der Waals surface area contributed by atoms with Crippen LogP contribution in [0.25, 0.3) is 11.0 Å². The van der Waals surface area contributed by atoms with E-state index in [0.29, 0.717) is 6.61 Å². The molecule has 0 radical (unpaired) electrons. The predicted octanol–water partition coefficient (Wildman–Crippen LogP) is 3.96. The average Bonchev–Trinajstić information content (AvgIpc) is 2.77. The number of fused-ring (bicyclic) bond motifs is 1. The normalized spacial score (nSPS) is 10.9. The quantitative estimate of drug-likeness (QED) is 0.724. The number of aromatic nitrogens is 2. The maximum absolute atomic E-state index is 5.72. The molecule has 3 nitrogen and oxygen atoms in total. The van der Waals surface area contributed by atoms with E-state index in [-0.39, 0.29) is 0 Å². The van der Waals surface area contributed by atoms with Crippen molar-refractivity contribution in [1.82, 2.24) is 9.55 Å². The Morgan fingerprint density at radius 3 is 2.75 bits per heavy atom. The van der Waals surface area contributed by atoms with Crippen LogP contribution < -0.4 is 4.74 Å². The molecule has 2 aromatic carbocycles. The molecule has 0 saturated heterocycles. The van der Waals surface area contributed by atoms with Gasteiger partial charge < -0.3 is 9.30 Å². The van der Waals surface area contributed by atoms with E-state index in [1.165, 1.54) is 0 Å². The standard InChI is InChI=1S/C16H15BrN2O/c1-19-15-11-12(17)7-8-14(15)18-16(19)9-10-20-13-5-3-2-4-6-13/h2-8,11H,9-10H2,1H3. The van der Waals surface area contributed by atoms with Crippen LogP contribution in [0.5, 0.6) is 5.75 Å². The molecule has 20 heavy (non-hydrogen) atoms. The molecule has 0 spiro atoms. The van der Waals surface area contributed by atoms with Crippen LogP contribution >= 0.6 is 15.9 Å². The first kappa shape index (κ1) is 13.2. The Balaban J connectivity index is 1.73. The second-order valence-corrected chi connectivity index (χ2v) is 5.55. The van der Waals surface area contributed by atoms with E-state index >= 15 is 0 Å². The zero-order chi connectivity index (χ0) is 13.9. The summed E-state index contributed by atoms with van der Waals surface area (Å²) in [6, 6.07) is 16.0. The summed E-state index contributed by atoms with van der Waals surface area (Å²) in [7, 11) is 2.04. The molecular weight excluding hydrogens is 316 g/mol. The highest BCUT2D eigenvalue weighted by molar-refractivity contribution is 9.10. The van der Waals surface area contributed by atoms with E-state index in [1.54, 1.807) is 0 Å². The van der Waals surface area contributed by atoms with Crippen LogP contribution in [0.3, 0.4) is 0 Å². The van der Waals surface area contributed by atoms with Gasteiger partial charge in [-0.1, -0.05) is 34.1 Å². The maximum Gasteiger partial charge on any atom is 0.119 e. The van der Waals surface area contributed by atoms with Gasteiger partial charge in [0.25, 0.3) is 0 Å². The van der Waals surface area contributed by atoms with Gasteiger partial charge in [0.1, 0.15) is 11.6 Å². The minimum atomic E-state index is 0.627. The fraction of sp³-hybridized carbons (Fsp3) is 0.188. The second-order valence-electron chi connectivity index (χ2n) is 4.63. The number of para-hydroxylation sites is 1. The Bertz CT molecular complexity index is 722. The van der Waals surface area contributed by atoms with E-state index in [4.69, 9.17) is 4.74 Å². The van der Waals surface area contributed by atoms with Gasteiger partial charge in [0.05, 0.1) is 17.6 Å². The number of hydrogen-bond donors (Lipinski definition) is 0. The van der Waals surface area contributed by atoms with E-state index in [9.17, 15) is 0 Å². The topological polar surface area (TPSA) is 27.1 Å². The Morgan fingerprint density at radius 1 is 1.15 bits per heavy atom. The van der Waals surface area contributed by atoms with Crippen molar-refractivity contribution >= 4 is 27.0 Å². The molecule has 0 amide bonds. The first-order valence-electron chi connectivity index (χ1n) is 6.53. The number of halogens is 1. The molecule has 3 aromatic rings. The van der Waals surface area contributed by atoms with Gasteiger partial charge >= 0.3 is 0 Å². The molecule has 0 atom stereocenters. The highest BCUT2D eigenvalue weighted by atomic mass is 79.9. The van der Waals surface area contributed by atoms with Crippen molar-refractivity contribution in [3.63, 3.8) is 0 Å². The van der Waals surface area contributed by atoms with Crippen LogP contribution in [0.1, 0.15) is 5.82 Å². The monoisotopic (exact) mass is 330 g/mol. The van der Waals surface area contributed by atoms with Crippen LogP contribution in [0.15, 0.2) is 53.0 Å². The zero-order valence-corrected chi connectivity index (χ0v) is 12.8. The fourth-order valence-corrected chi connectivity index (χ4v) is 2.56. The van der Waals surface area contributed by atoms with Crippen LogP contribution in [0.4, 0.5) is 0 Å². The number of hydrogen-bond acceptors (Lipinski definition) is 2. The van der Waals surface area contributed by atoms with Gasteiger partial charge in [-0.05, 0) is 30.3 Å². The summed E-state index contributed by atoms with van der Waals surface area (Å²) in [4.78, 5) is 4.65. The van der Waals surface area contributed by atoms with E-state index < -0.39 is 0 Å². The molecule has 0 aliphatic carbocycles. The number of benzene rings is 2. The number of nitrogens with zero attached hydrogens (tertiary/aromatic N) is 2. The van der Waals surface area contributed by atoms with Gasteiger partial charge in [0.15, 0.2) is 0 Å². The molecular formula is C16H15BrN2O. The third-order valence-electron chi connectivity index (χ3n) is 3.27. The summed E-state index contributed by atoms with van der Waals surface area (Å²) in [6.07, 6.45) is 0.789. The van der Waals surface area contributed by atoms with Gasteiger partial charge in [0.2, 0.25) is 0 Å². The lowest BCUT2D eigenvalue weighted by molar-refractivity contribution is 0.318. The van der Waals surface area contributed by atoms with E-state index in [2.05, 4.69) is 31.5 Å². The van der Waals surface area contributed by atoms with Crippen molar-refractivity contribution in [2.45, 2.75) is 6.42 Å². The molecule has 102 valence electrons. The minimum absolute atomic E-state index is 0.627. The summed E-state index contributed by atoms with van der Waals surface area (Å²) in [5, 5.41) is 0. The van der Waals surface area contributed by atoms with Gasteiger partial charge in [-0.25, -0.2) is 4.98 Å². The molecule has 3 rings (SSSR count). The average molecular weight is 331 g/mol. The first-order chi connectivity index (χ1) is 9.74. The lowest BCUT2D eigenvalue weighted by atomic mass is 10.3. The SMILES string of the molecule is Cn1c(CCOc2ccccc2)nc2ccc(Br)cc21. The molecule has 0 bridgehead atoms. The van der Waals surface area contributed by atoms with Crippen molar-refractivity contribution in [3.8, 4) is 5.75 Å². The van der Waals surface area contributed by atoms with Crippen LogP contribution in [-0.4, -0.2) is 16.2 Å². The maximum atomic E-state index is 5.72. The molecule has 0 aliphatic heterocycles. The largest absolute Gasteiger partial charge is 0.493 e. The van der Waals surface area contributed by atoms with Crippen molar-refractivity contribution < 1.29 is 4.74 Å². The molecule has 1 aromatic heterocycles. The molecule has 0 aliphatic rings. The fourth-order valence-electron chi connectivity index (χ4n) is 2.21. The lowest BCUT2D eigenvalue weighted by Gasteiger charge is -2.06. The van der Waals surface area contributed by atoms with E-state index in [0.717, 1.165) is 33.5 Å². The summed E-state index contributed by atoms with van der Waals surface area (Å²) in [5.74, 6) is 1.93. The molecule has 1 heterocycles. The number of ether oxygens (including phenoxy) is 1. The van der Waals surface area contributed by atoms with Gasteiger partial charge in [-0.15, -0.1) is 0 Å². The molecule has 4 heteroatoms. The zero-order valence-electron chi connectivity index (χ0n) is 11.2. The van der Waals surface area contributed by atoms with Gasteiger partial charge in [-0.3, -0.25) is 0 Å². The van der Waals surface area contributed by atoms with Crippen LogP contribution in [0, 0.1) is 0 Å². The number of imidazole rings is 1. The summed E-state index contributed by atoms with van der Waals surface area (Å²) >= 11 is 3.49. The minimum Gasteiger partial charge on any atom is -0.493 e. The third kappa shape index (κ3) is 2.70. The van der Waals surface area contributed by atoms with Crippen molar-refractivity contribution in [2.24, 2.45) is 7.05 Å². The Morgan fingerprint density at radius 2 is 1.95 bits per heavy atom.